The second kappa shape index (κ2) is 5.85. The summed E-state index contributed by atoms with van der Waals surface area (Å²) in [6.45, 7) is 1.44. The van der Waals surface area contributed by atoms with Crippen molar-refractivity contribution in [1.82, 2.24) is 4.90 Å². The Morgan fingerprint density at radius 2 is 2.24 bits per heavy atom. The number of nitrogens with zero attached hydrogens (tertiary/aromatic N) is 1. The minimum atomic E-state index is -0.242. The van der Waals surface area contributed by atoms with Crippen molar-refractivity contribution in [2.75, 3.05) is 20.2 Å². The minimum absolute atomic E-state index is 0.0807. The van der Waals surface area contributed by atoms with E-state index in [-0.39, 0.29) is 17.9 Å². The molecular formula is C16H20ClNO3. The number of rotatable bonds is 3. The van der Waals surface area contributed by atoms with Crippen LogP contribution >= 0.6 is 11.6 Å². The number of halogens is 1. The molecule has 1 N–H and O–H groups in total. The molecule has 1 aliphatic heterocycles. The number of carbonyl (C=O) groups excluding carboxylic acids is 1. The summed E-state index contributed by atoms with van der Waals surface area (Å²) < 4.78 is 5.29. The van der Waals surface area contributed by atoms with E-state index in [9.17, 15) is 9.90 Å². The number of carbonyl (C=O) groups is 1. The van der Waals surface area contributed by atoms with E-state index in [1.54, 1.807) is 25.3 Å². The molecule has 0 aromatic heterocycles. The Labute approximate surface area is 129 Å². The Bertz CT molecular complexity index is 548. The van der Waals surface area contributed by atoms with Crippen LogP contribution in [0.15, 0.2) is 18.2 Å². The SMILES string of the molecule is COc1ccc(Cl)cc1CC(=O)N1CC2CCC(O)C2C1. The molecule has 5 heteroatoms. The number of hydrogen-bond donors (Lipinski definition) is 1. The highest BCUT2D eigenvalue weighted by atomic mass is 35.5. The van der Waals surface area contributed by atoms with Crippen LogP contribution in [0.1, 0.15) is 18.4 Å². The molecule has 2 aliphatic rings. The van der Waals surface area contributed by atoms with E-state index in [0.717, 1.165) is 24.9 Å². The van der Waals surface area contributed by atoms with E-state index in [2.05, 4.69) is 0 Å². The lowest BCUT2D eigenvalue weighted by Crippen LogP contribution is -2.32. The number of ether oxygens (including phenoxy) is 1. The van der Waals surface area contributed by atoms with Crippen molar-refractivity contribution in [3.05, 3.63) is 28.8 Å². The van der Waals surface area contributed by atoms with Crippen molar-refractivity contribution in [3.63, 3.8) is 0 Å². The van der Waals surface area contributed by atoms with Crippen molar-refractivity contribution in [1.29, 1.82) is 0 Å². The number of methoxy groups -OCH3 is 1. The van der Waals surface area contributed by atoms with Crippen LogP contribution in [0.3, 0.4) is 0 Å². The molecule has 1 aromatic rings. The van der Waals surface area contributed by atoms with Gasteiger partial charge >= 0.3 is 0 Å². The summed E-state index contributed by atoms with van der Waals surface area (Å²) in [7, 11) is 1.59. The first-order chi connectivity index (χ1) is 10.1. The molecule has 3 rings (SSSR count). The van der Waals surface area contributed by atoms with Crippen LogP contribution in [0, 0.1) is 11.8 Å². The lowest BCUT2D eigenvalue weighted by Gasteiger charge is -2.19. The Kier molecular flexibility index (Phi) is 4.09. The molecule has 0 spiro atoms. The average Bonchev–Trinajstić information content (AvgIpc) is 3.02. The van der Waals surface area contributed by atoms with Gasteiger partial charge in [-0.1, -0.05) is 11.6 Å². The number of likely N-dealkylation sites (tertiary alicyclic amines) is 1. The van der Waals surface area contributed by atoms with Crippen molar-refractivity contribution >= 4 is 17.5 Å². The van der Waals surface area contributed by atoms with Gasteiger partial charge in [-0.05, 0) is 37.0 Å². The lowest BCUT2D eigenvalue weighted by atomic mass is 10.00. The van der Waals surface area contributed by atoms with Crippen LogP contribution < -0.4 is 4.74 Å². The summed E-state index contributed by atoms with van der Waals surface area (Å²) in [4.78, 5) is 14.4. The fraction of sp³-hybridized carbons (Fsp3) is 0.562. The van der Waals surface area contributed by atoms with Gasteiger partial charge in [-0.2, -0.15) is 0 Å². The summed E-state index contributed by atoms with van der Waals surface area (Å²) in [5, 5.41) is 10.5. The van der Waals surface area contributed by atoms with Crippen molar-refractivity contribution in [3.8, 4) is 5.75 Å². The summed E-state index contributed by atoms with van der Waals surface area (Å²) in [6.07, 6.45) is 1.95. The Balaban J connectivity index is 1.69. The maximum atomic E-state index is 12.5. The van der Waals surface area contributed by atoms with Crippen LogP contribution in [-0.2, 0) is 11.2 Å². The van der Waals surface area contributed by atoms with Crippen molar-refractivity contribution in [2.45, 2.75) is 25.4 Å². The topological polar surface area (TPSA) is 49.8 Å². The zero-order valence-electron chi connectivity index (χ0n) is 12.1. The first kappa shape index (κ1) is 14.7. The molecule has 1 aromatic carbocycles. The monoisotopic (exact) mass is 309 g/mol. The van der Waals surface area contributed by atoms with Gasteiger partial charge in [-0.25, -0.2) is 0 Å². The van der Waals surface area contributed by atoms with Gasteiger partial charge in [0, 0.05) is 29.6 Å². The quantitative estimate of drug-likeness (QED) is 0.930. The fourth-order valence-electron chi connectivity index (χ4n) is 3.60. The van der Waals surface area contributed by atoms with E-state index in [4.69, 9.17) is 16.3 Å². The number of fused-ring (bicyclic) bond motifs is 1. The number of benzene rings is 1. The van der Waals surface area contributed by atoms with Gasteiger partial charge in [0.1, 0.15) is 5.75 Å². The third-order valence-corrected chi connectivity index (χ3v) is 4.99. The maximum Gasteiger partial charge on any atom is 0.227 e. The summed E-state index contributed by atoms with van der Waals surface area (Å²) >= 11 is 6.00. The van der Waals surface area contributed by atoms with Crippen LogP contribution in [0.4, 0.5) is 0 Å². The van der Waals surface area contributed by atoms with Gasteiger partial charge in [0.05, 0.1) is 19.6 Å². The average molecular weight is 310 g/mol. The minimum Gasteiger partial charge on any atom is -0.496 e. The number of hydrogen-bond acceptors (Lipinski definition) is 3. The molecule has 3 atom stereocenters. The van der Waals surface area contributed by atoms with Crippen LogP contribution in [0.5, 0.6) is 5.75 Å². The second-order valence-electron chi connectivity index (χ2n) is 6.00. The zero-order valence-corrected chi connectivity index (χ0v) is 12.8. The number of aliphatic hydroxyl groups is 1. The van der Waals surface area contributed by atoms with Gasteiger partial charge < -0.3 is 14.7 Å². The Morgan fingerprint density at radius 1 is 1.43 bits per heavy atom. The third-order valence-electron chi connectivity index (χ3n) is 4.76. The van der Waals surface area contributed by atoms with Crippen LogP contribution in [-0.4, -0.2) is 42.2 Å². The van der Waals surface area contributed by atoms with E-state index in [0.29, 0.717) is 29.7 Å². The zero-order chi connectivity index (χ0) is 15.0. The fourth-order valence-corrected chi connectivity index (χ4v) is 3.80. The van der Waals surface area contributed by atoms with Gasteiger partial charge in [0.15, 0.2) is 0 Å². The number of aliphatic hydroxyl groups excluding tert-OH is 1. The molecule has 114 valence electrons. The van der Waals surface area contributed by atoms with Crippen LogP contribution in [0.2, 0.25) is 5.02 Å². The predicted octanol–water partition coefficient (Wildman–Crippen LogP) is 2.12. The molecule has 21 heavy (non-hydrogen) atoms. The lowest BCUT2D eigenvalue weighted by molar-refractivity contribution is -0.129. The number of amides is 1. The molecule has 0 radical (unpaired) electrons. The molecule has 1 amide bonds. The van der Waals surface area contributed by atoms with Crippen molar-refractivity contribution in [2.24, 2.45) is 11.8 Å². The van der Waals surface area contributed by atoms with Gasteiger partial charge in [-0.15, -0.1) is 0 Å². The molecule has 1 saturated heterocycles. The van der Waals surface area contributed by atoms with E-state index < -0.39 is 0 Å². The molecule has 3 unspecified atom stereocenters. The largest absolute Gasteiger partial charge is 0.496 e. The van der Waals surface area contributed by atoms with E-state index >= 15 is 0 Å². The maximum absolute atomic E-state index is 12.5. The van der Waals surface area contributed by atoms with Crippen molar-refractivity contribution < 1.29 is 14.6 Å². The summed E-state index contributed by atoms with van der Waals surface area (Å²) in [5.74, 6) is 1.49. The summed E-state index contributed by atoms with van der Waals surface area (Å²) in [6, 6.07) is 5.32. The highest BCUT2D eigenvalue weighted by molar-refractivity contribution is 6.30. The Morgan fingerprint density at radius 3 is 2.95 bits per heavy atom. The van der Waals surface area contributed by atoms with E-state index in [1.807, 2.05) is 4.90 Å². The molecule has 1 heterocycles. The molecule has 4 nitrogen and oxygen atoms in total. The smallest absolute Gasteiger partial charge is 0.227 e. The molecule has 1 aliphatic carbocycles. The molecule has 2 fully saturated rings. The second-order valence-corrected chi connectivity index (χ2v) is 6.44. The first-order valence-corrected chi connectivity index (χ1v) is 7.74. The summed E-state index contributed by atoms with van der Waals surface area (Å²) in [5.41, 5.74) is 0.813. The standard InChI is InChI=1S/C16H20ClNO3/c1-21-15-5-3-12(17)6-11(15)7-16(20)18-8-10-2-4-14(19)13(10)9-18/h3,5-6,10,13-14,19H,2,4,7-9H2,1H3. The Hall–Kier alpha value is -1.26. The molecular weight excluding hydrogens is 290 g/mol. The first-order valence-electron chi connectivity index (χ1n) is 7.36. The highest BCUT2D eigenvalue weighted by Crippen LogP contribution is 2.38. The molecule has 0 bridgehead atoms. The third kappa shape index (κ3) is 2.87. The van der Waals surface area contributed by atoms with Gasteiger partial charge in [0.2, 0.25) is 5.91 Å². The predicted molar refractivity (Wildman–Crippen MR) is 80.5 cm³/mol. The van der Waals surface area contributed by atoms with Crippen LogP contribution in [0.25, 0.3) is 0 Å². The van der Waals surface area contributed by atoms with E-state index in [1.165, 1.54) is 0 Å². The molecule has 1 saturated carbocycles. The normalized spacial score (nSPS) is 27.8. The highest BCUT2D eigenvalue weighted by Gasteiger charge is 2.43. The van der Waals surface area contributed by atoms with Gasteiger partial charge in [-0.3, -0.25) is 4.79 Å². The van der Waals surface area contributed by atoms with Gasteiger partial charge in [0.25, 0.3) is 0 Å².